The lowest BCUT2D eigenvalue weighted by Crippen LogP contribution is -2.41. The van der Waals surface area contributed by atoms with Gasteiger partial charge in [0.25, 0.3) is 5.56 Å². The van der Waals surface area contributed by atoms with E-state index in [1.54, 1.807) is 19.4 Å². The van der Waals surface area contributed by atoms with Crippen molar-refractivity contribution in [2.75, 3.05) is 29.9 Å². The number of halogens is 1. The third kappa shape index (κ3) is 4.51. The molecule has 0 aliphatic carbocycles. The third-order valence-corrected chi connectivity index (χ3v) is 5.76. The van der Waals surface area contributed by atoms with E-state index < -0.39 is 5.82 Å². The van der Waals surface area contributed by atoms with E-state index in [9.17, 15) is 9.18 Å². The normalized spacial score (nSPS) is 15.8. The predicted molar refractivity (Wildman–Crippen MR) is 128 cm³/mol. The zero-order valence-electron chi connectivity index (χ0n) is 18.6. The molecule has 1 aliphatic heterocycles. The van der Waals surface area contributed by atoms with Crippen LogP contribution in [-0.2, 0) is 11.8 Å². The fraction of sp³-hybridized carbons (Fsp3) is 0.200. The summed E-state index contributed by atoms with van der Waals surface area (Å²) in [6.45, 7) is 1.56. The number of nitrogens with zero attached hydrogens (tertiary/aromatic N) is 5. The van der Waals surface area contributed by atoms with Crippen LogP contribution in [0.5, 0.6) is 0 Å². The van der Waals surface area contributed by atoms with Gasteiger partial charge in [0.1, 0.15) is 6.10 Å². The molecule has 9 heteroatoms. The summed E-state index contributed by atoms with van der Waals surface area (Å²) in [6.07, 6.45) is 5.88. The minimum Gasteiger partial charge on any atom is -0.370 e. The molecule has 0 amide bonds. The first-order valence-electron chi connectivity index (χ1n) is 10.9. The molecule has 4 aromatic rings. The molecule has 172 valence electrons. The number of hydrogen-bond donors (Lipinski definition) is 1. The maximum Gasteiger partial charge on any atom is 0.255 e. The molecule has 5 rings (SSSR count). The van der Waals surface area contributed by atoms with Crippen molar-refractivity contribution in [1.82, 2.24) is 19.5 Å². The zero-order chi connectivity index (χ0) is 23.5. The Morgan fingerprint density at radius 3 is 2.53 bits per heavy atom. The first-order valence-corrected chi connectivity index (χ1v) is 10.9. The van der Waals surface area contributed by atoms with Gasteiger partial charge in [-0.15, -0.1) is 0 Å². The summed E-state index contributed by atoms with van der Waals surface area (Å²) in [5, 5.41) is 3.33. The van der Waals surface area contributed by atoms with Gasteiger partial charge in [-0.3, -0.25) is 19.3 Å². The maximum absolute atomic E-state index is 14.3. The van der Waals surface area contributed by atoms with Crippen LogP contribution in [0.2, 0.25) is 0 Å². The largest absolute Gasteiger partial charge is 0.370 e. The molecular weight excluding hydrogens is 435 g/mol. The number of hydrogen-bond acceptors (Lipinski definition) is 7. The Morgan fingerprint density at radius 1 is 1.03 bits per heavy atom. The summed E-state index contributed by atoms with van der Waals surface area (Å²) < 4.78 is 21.8. The Kier molecular flexibility index (Phi) is 6.01. The van der Waals surface area contributed by atoms with Gasteiger partial charge in [0.15, 0.2) is 5.82 Å². The van der Waals surface area contributed by atoms with Gasteiger partial charge in [-0.1, -0.05) is 12.1 Å². The highest BCUT2D eigenvalue weighted by molar-refractivity contribution is 5.61. The number of anilines is 3. The lowest BCUT2D eigenvalue weighted by atomic mass is 10.1. The van der Waals surface area contributed by atoms with Crippen molar-refractivity contribution in [2.45, 2.75) is 6.10 Å². The Morgan fingerprint density at radius 2 is 1.76 bits per heavy atom. The minimum atomic E-state index is -0.519. The molecule has 0 radical (unpaired) electrons. The molecule has 4 heterocycles. The summed E-state index contributed by atoms with van der Waals surface area (Å²) in [5.41, 5.74) is 3.21. The topological polar surface area (TPSA) is 85.2 Å². The second-order valence-corrected chi connectivity index (χ2v) is 7.98. The number of nitrogens with one attached hydrogen (secondary N) is 1. The standard InChI is InChI=1S/C25H23FN6O2/c1-31-24(33)14-22(20-8-11-28-15-21(20)26)30-25(31)32-12-13-34-23(16-32)17-2-4-18(5-3-17)29-19-6-9-27-10-7-19/h2-11,14-15,23H,12-13,16H2,1H3,(H,27,29)/t23-/m1/s1. The quantitative estimate of drug-likeness (QED) is 0.488. The van der Waals surface area contributed by atoms with Crippen molar-refractivity contribution in [2.24, 2.45) is 7.05 Å². The predicted octanol–water partition coefficient (Wildman–Crippen LogP) is 3.70. The molecule has 0 bridgehead atoms. The second-order valence-electron chi connectivity index (χ2n) is 7.98. The molecule has 0 unspecified atom stereocenters. The first-order chi connectivity index (χ1) is 16.6. The lowest BCUT2D eigenvalue weighted by Gasteiger charge is -2.34. The molecule has 8 nitrogen and oxygen atoms in total. The van der Waals surface area contributed by atoms with Crippen molar-refractivity contribution in [1.29, 1.82) is 0 Å². The highest BCUT2D eigenvalue weighted by Crippen LogP contribution is 2.28. The summed E-state index contributed by atoms with van der Waals surface area (Å²) >= 11 is 0. The van der Waals surface area contributed by atoms with Gasteiger partial charge in [-0.25, -0.2) is 9.37 Å². The van der Waals surface area contributed by atoms with Gasteiger partial charge in [0, 0.05) is 55.2 Å². The molecule has 0 spiro atoms. The van der Waals surface area contributed by atoms with Crippen molar-refractivity contribution < 1.29 is 9.13 Å². The molecule has 1 saturated heterocycles. The molecule has 1 atom stereocenters. The van der Waals surface area contributed by atoms with Crippen molar-refractivity contribution in [3.8, 4) is 11.3 Å². The van der Waals surface area contributed by atoms with Crippen LogP contribution in [0.25, 0.3) is 11.3 Å². The number of benzene rings is 1. The van der Waals surface area contributed by atoms with Crippen LogP contribution >= 0.6 is 0 Å². The summed E-state index contributed by atoms with van der Waals surface area (Å²) in [7, 11) is 1.67. The molecule has 1 aromatic carbocycles. The van der Waals surface area contributed by atoms with Crippen molar-refractivity contribution in [3.05, 3.63) is 95.1 Å². The SMILES string of the molecule is Cn1c(N2CCO[C@@H](c3ccc(Nc4ccncc4)cc3)C2)nc(-c2ccncc2F)cc1=O. The summed E-state index contributed by atoms with van der Waals surface area (Å²) in [5.74, 6) is -0.0440. The van der Waals surface area contributed by atoms with E-state index in [0.29, 0.717) is 25.6 Å². The van der Waals surface area contributed by atoms with E-state index in [2.05, 4.69) is 20.3 Å². The smallest absolute Gasteiger partial charge is 0.255 e. The Balaban J connectivity index is 1.37. The van der Waals surface area contributed by atoms with Crippen LogP contribution in [0.1, 0.15) is 11.7 Å². The van der Waals surface area contributed by atoms with E-state index in [-0.39, 0.29) is 22.9 Å². The van der Waals surface area contributed by atoms with Crippen molar-refractivity contribution in [3.63, 3.8) is 0 Å². The zero-order valence-corrected chi connectivity index (χ0v) is 18.6. The average Bonchev–Trinajstić information content (AvgIpc) is 2.87. The lowest BCUT2D eigenvalue weighted by molar-refractivity contribution is 0.0390. The number of morpholine rings is 1. The van der Waals surface area contributed by atoms with Crippen LogP contribution < -0.4 is 15.8 Å². The van der Waals surface area contributed by atoms with E-state index in [1.807, 2.05) is 41.3 Å². The van der Waals surface area contributed by atoms with E-state index in [0.717, 1.165) is 23.1 Å². The molecule has 3 aromatic heterocycles. The Bertz CT molecular complexity index is 1340. The average molecular weight is 458 g/mol. The number of aromatic nitrogens is 4. The minimum absolute atomic E-state index is 0.193. The third-order valence-electron chi connectivity index (χ3n) is 5.76. The van der Waals surface area contributed by atoms with Gasteiger partial charge in [-0.05, 0) is 35.9 Å². The fourth-order valence-corrected chi connectivity index (χ4v) is 3.95. The molecule has 1 aliphatic rings. The van der Waals surface area contributed by atoms with E-state index in [4.69, 9.17) is 4.74 Å². The van der Waals surface area contributed by atoms with Crippen LogP contribution in [0.15, 0.2) is 78.1 Å². The first kappa shape index (κ1) is 21.7. The number of ether oxygens (including phenoxy) is 1. The van der Waals surface area contributed by atoms with Crippen molar-refractivity contribution >= 4 is 17.3 Å². The number of rotatable bonds is 5. The monoisotopic (exact) mass is 458 g/mol. The molecule has 0 saturated carbocycles. The van der Waals surface area contributed by atoms with Gasteiger partial charge < -0.3 is 15.0 Å². The van der Waals surface area contributed by atoms with Gasteiger partial charge in [-0.2, -0.15) is 0 Å². The summed E-state index contributed by atoms with van der Waals surface area (Å²) in [4.78, 5) is 27.1. The molecule has 1 fully saturated rings. The maximum atomic E-state index is 14.3. The Hall–Kier alpha value is -4.11. The van der Waals surface area contributed by atoms with Crippen LogP contribution in [0.4, 0.5) is 21.7 Å². The fourth-order valence-electron chi connectivity index (χ4n) is 3.95. The van der Waals surface area contributed by atoms with Gasteiger partial charge >= 0.3 is 0 Å². The highest BCUT2D eigenvalue weighted by Gasteiger charge is 2.25. The van der Waals surface area contributed by atoms with Gasteiger partial charge in [0.2, 0.25) is 5.95 Å². The van der Waals surface area contributed by atoms with Crippen LogP contribution in [-0.4, -0.2) is 39.2 Å². The van der Waals surface area contributed by atoms with E-state index >= 15 is 0 Å². The number of pyridine rings is 2. The Labute approximate surface area is 195 Å². The molecule has 1 N–H and O–H groups in total. The van der Waals surface area contributed by atoms with E-state index in [1.165, 1.54) is 22.9 Å². The van der Waals surface area contributed by atoms with Gasteiger partial charge in [0.05, 0.1) is 25.0 Å². The molecular formula is C25H23FN6O2. The van der Waals surface area contributed by atoms with Crippen LogP contribution in [0, 0.1) is 5.82 Å². The highest BCUT2D eigenvalue weighted by atomic mass is 19.1. The second kappa shape index (κ2) is 9.40. The summed E-state index contributed by atoms with van der Waals surface area (Å²) in [6, 6.07) is 14.7. The van der Waals surface area contributed by atoms with Crippen LogP contribution in [0.3, 0.4) is 0 Å². The molecule has 34 heavy (non-hydrogen) atoms.